The number of nitro benzene ring substituents is 1. The number of hydrogen-bond donors (Lipinski definition) is 2. The van der Waals surface area contributed by atoms with Gasteiger partial charge in [-0.05, 0) is 24.8 Å². The highest BCUT2D eigenvalue weighted by Gasteiger charge is 2.05. The molecule has 0 atom stereocenters. The molecule has 7 heteroatoms. The third-order valence-corrected chi connectivity index (χ3v) is 3.09. The van der Waals surface area contributed by atoms with Crippen LogP contribution in [0.4, 0.5) is 5.69 Å². The third kappa shape index (κ3) is 8.47. The second-order valence-electron chi connectivity index (χ2n) is 5.87. The summed E-state index contributed by atoms with van der Waals surface area (Å²) in [5, 5.41) is 17.2. The van der Waals surface area contributed by atoms with Crippen molar-refractivity contribution in [2.24, 2.45) is 10.9 Å². The first-order valence-corrected chi connectivity index (χ1v) is 8.36. The molecule has 0 aliphatic heterocycles. The smallest absolute Gasteiger partial charge is 0.269 e. The Balaban J connectivity index is 2.44. The minimum absolute atomic E-state index is 0.0861. The van der Waals surface area contributed by atoms with Gasteiger partial charge in [0.15, 0.2) is 5.96 Å². The highest BCUT2D eigenvalue weighted by molar-refractivity contribution is 5.79. The molecule has 1 rings (SSSR count). The minimum Gasteiger partial charge on any atom is -0.381 e. The van der Waals surface area contributed by atoms with Crippen LogP contribution in [-0.4, -0.2) is 37.2 Å². The van der Waals surface area contributed by atoms with Crippen molar-refractivity contribution in [3.63, 3.8) is 0 Å². The molecule has 0 radical (unpaired) electrons. The van der Waals surface area contributed by atoms with Crippen LogP contribution in [-0.2, 0) is 11.3 Å². The molecule has 2 N–H and O–H groups in total. The topological polar surface area (TPSA) is 88.8 Å². The van der Waals surface area contributed by atoms with Crippen LogP contribution in [0.15, 0.2) is 29.3 Å². The van der Waals surface area contributed by atoms with E-state index in [0.29, 0.717) is 18.4 Å². The van der Waals surface area contributed by atoms with Gasteiger partial charge in [0.05, 0.1) is 11.5 Å². The lowest BCUT2D eigenvalue weighted by molar-refractivity contribution is -0.384. The number of aliphatic imine (C=N–C) groups is 1. The van der Waals surface area contributed by atoms with E-state index < -0.39 is 4.92 Å². The Morgan fingerprint density at radius 3 is 2.83 bits per heavy atom. The molecule has 7 nitrogen and oxygen atoms in total. The van der Waals surface area contributed by atoms with Crippen LogP contribution in [0.25, 0.3) is 0 Å². The van der Waals surface area contributed by atoms with Gasteiger partial charge >= 0.3 is 0 Å². The number of hydrogen-bond acceptors (Lipinski definition) is 4. The van der Waals surface area contributed by atoms with E-state index in [9.17, 15) is 10.1 Å². The first-order chi connectivity index (χ1) is 11.5. The molecule has 0 unspecified atom stereocenters. The van der Waals surface area contributed by atoms with Crippen LogP contribution in [0.3, 0.4) is 0 Å². The van der Waals surface area contributed by atoms with Gasteiger partial charge in [-0.2, -0.15) is 0 Å². The highest BCUT2D eigenvalue weighted by Crippen LogP contribution is 2.13. The van der Waals surface area contributed by atoms with E-state index in [0.717, 1.165) is 38.3 Å². The maximum absolute atomic E-state index is 10.8. The number of guanidine groups is 1. The molecular weight excluding hydrogens is 308 g/mol. The molecule has 0 amide bonds. The normalized spacial score (nSPS) is 11.6. The first-order valence-electron chi connectivity index (χ1n) is 8.36. The Bertz CT molecular complexity index is 532. The number of nitrogens with one attached hydrogen (secondary N) is 2. The molecule has 1 aromatic carbocycles. The highest BCUT2D eigenvalue weighted by atomic mass is 16.6. The summed E-state index contributed by atoms with van der Waals surface area (Å²) in [5.74, 6) is 1.25. The summed E-state index contributed by atoms with van der Waals surface area (Å²) in [4.78, 5) is 14.9. The van der Waals surface area contributed by atoms with E-state index >= 15 is 0 Å². The zero-order valence-corrected chi connectivity index (χ0v) is 14.7. The fraction of sp³-hybridized carbons (Fsp3) is 0.588. The Kier molecular flexibility index (Phi) is 9.45. The maximum Gasteiger partial charge on any atom is 0.269 e. The van der Waals surface area contributed by atoms with E-state index in [2.05, 4.69) is 29.5 Å². The number of benzene rings is 1. The average Bonchev–Trinajstić information content (AvgIpc) is 2.55. The van der Waals surface area contributed by atoms with Gasteiger partial charge in [-0.3, -0.25) is 10.1 Å². The summed E-state index contributed by atoms with van der Waals surface area (Å²) < 4.78 is 5.54. The van der Waals surface area contributed by atoms with Crippen LogP contribution in [0.1, 0.15) is 32.8 Å². The second kappa shape index (κ2) is 11.4. The summed E-state index contributed by atoms with van der Waals surface area (Å²) in [6.45, 7) is 9.65. The van der Waals surface area contributed by atoms with Gasteiger partial charge in [-0.1, -0.05) is 26.0 Å². The van der Waals surface area contributed by atoms with Crippen molar-refractivity contribution in [1.82, 2.24) is 10.6 Å². The predicted molar refractivity (Wildman–Crippen MR) is 96.2 cm³/mol. The molecule has 1 aromatic rings. The van der Waals surface area contributed by atoms with Crippen LogP contribution < -0.4 is 10.6 Å². The number of rotatable bonds is 10. The van der Waals surface area contributed by atoms with Gasteiger partial charge in [0.2, 0.25) is 0 Å². The fourth-order valence-electron chi connectivity index (χ4n) is 1.98. The molecular formula is C17H28N4O3. The molecule has 0 spiro atoms. The molecule has 0 aliphatic rings. The van der Waals surface area contributed by atoms with Gasteiger partial charge in [0.1, 0.15) is 0 Å². The average molecular weight is 336 g/mol. The van der Waals surface area contributed by atoms with Crippen LogP contribution in [0.5, 0.6) is 0 Å². The maximum atomic E-state index is 10.8. The number of nitro groups is 1. The quantitative estimate of drug-likeness (QED) is 0.225. The summed E-state index contributed by atoms with van der Waals surface area (Å²) in [7, 11) is 0. The Morgan fingerprint density at radius 2 is 2.17 bits per heavy atom. The van der Waals surface area contributed by atoms with E-state index in [1.54, 1.807) is 12.1 Å². The van der Waals surface area contributed by atoms with Crippen molar-refractivity contribution < 1.29 is 9.66 Å². The third-order valence-electron chi connectivity index (χ3n) is 3.09. The van der Waals surface area contributed by atoms with Gasteiger partial charge in [0, 0.05) is 38.4 Å². The molecule has 24 heavy (non-hydrogen) atoms. The van der Waals surface area contributed by atoms with Gasteiger partial charge in [-0.25, -0.2) is 4.99 Å². The van der Waals surface area contributed by atoms with Gasteiger partial charge < -0.3 is 15.4 Å². The lowest BCUT2D eigenvalue weighted by Gasteiger charge is -2.12. The van der Waals surface area contributed by atoms with Crippen LogP contribution in [0.2, 0.25) is 0 Å². The van der Waals surface area contributed by atoms with E-state index in [4.69, 9.17) is 4.74 Å². The van der Waals surface area contributed by atoms with Crippen molar-refractivity contribution in [2.75, 3.05) is 26.3 Å². The Morgan fingerprint density at radius 1 is 1.38 bits per heavy atom. The zero-order chi connectivity index (χ0) is 17.8. The van der Waals surface area contributed by atoms with E-state index in [1.165, 1.54) is 6.07 Å². The number of ether oxygens (including phenoxy) is 1. The minimum atomic E-state index is -0.395. The van der Waals surface area contributed by atoms with Crippen molar-refractivity contribution in [3.8, 4) is 0 Å². The standard InChI is InChI=1S/C17H28N4O3/c1-4-18-17(19-9-6-10-24-13-14(2)3)20-12-15-7-5-8-16(11-15)21(22)23/h5,7-8,11,14H,4,6,9-10,12-13H2,1-3H3,(H2,18,19,20). The second-order valence-corrected chi connectivity index (χ2v) is 5.87. The lowest BCUT2D eigenvalue weighted by Crippen LogP contribution is -2.38. The lowest BCUT2D eigenvalue weighted by atomic mass is 10.2. The molecule has 134 valence electrons. The molecule has 0 aliphatic carbocycles. The zero-order valence-electron chi connectivity index (χ0n) is 14.7. The molecule has 0 fully saturated rings. The largest absolute Gasteiger partial charge is 0.381 e. The molecule has 0 aromatic heterocycles. The van der Waals surface area contributed by atoms with E-state index in [-0.39, 0.29) is 5.69 Å². The molecule has 0 saturated carbocycles. The fourth-order valence-corrected chi connectivity index (χ4v) is 1.98. The van der Waals surface area contributed by atoms with E-state index in [1.807, 2.05) is 13.0 Å². The van der Waals surface area contributed by atoms with Gasteiger partial charge in [0.25, 0.3) is 5.69 Å². The Labute approximate surface area is 143 Å². The Hall–Kier alpha value is -2.15. The molecule has 0 bridgehead atoms. The van der Waals surface area contributed by atoms with Crippen molar-refractivity contribution in [1.29, 1.82) is 0 Å². The monoisotopic (exact) mass is 336 g/mol. The van der Waals surface area contributed by atoms with Crippen LogP contribution >= 0.6 is 0 Å². The summed E-state index contributed by atoms with van der Waals surface area (Å²) in [6, 6.07) is 6.54. The SMILES string of the molecule is CCNC(=NCc1cccc([N+](=O)[O-])c1)NCCCOCC(C)C. The van der Waals surface area contributed by atoms with Crippen molar-refractivity contribution >= 4 is 11.6 Å². The summed E-state index contributed by atoms with van der Waals surface area (Å²) in [5.41, 5.74) is 0.893. The predicted octanol–water partition coefficient (Wildman–Crippen LogP) is 2.71. The van der Waals surface area contributed by atoms with Crippen LogP contribution in [0, 0.1) is 16.0 Å². The first kappa shape index (κ1) is 19.9. The van der Waals surface area contributed by atoms with Crippen molar-refractivity contribution in [3.05, 3.63) is 39.9 Å². The van der Waals surface area contributed by atoms with Crippen molar-refractivity contribution in [2.45, 2.75) is 33.7 Å². The van der Waals surface area contributed by atoms with Gasteiger partial charge in [-0.15, -0.1) is 0 Å². The summed E-state index contributed by atoms with van der Waals surface area (Å²) in [6.07, 6.45) is 0.897. The number of non-ortho nitro benzene ring substituents is 1. The molecule has 0 heterocycles. The number of nitrogens with zero attached hydrogens (tertiary/aromatic N) is 2. The molecule has 0 saturated heterocycles. The summed E-state index contributed by atoms with van der Waals surface area (Å²) >= 11 is 0.